The van der Waals surface area contributed by atoms with E-state index in [4.69, 9.17) is 5.11 Å². The minimum Gasteiger partial charge on any atom is -0.481 e. The Morgan fingerprint density at radius 3 is 2.27 bits per heavy atom. The molecule has 0 bridgehead atoms. The number of carboxylic acids is 1. The summed E-state index contributed by atoms with van der Waals surface area (Å²) in [6, 6.07) is 18.7. The average Bonchev–Trinajstić information content (AvgIpc) is 3.28. The second-order valence-corrected chi connectivity index (χ2v) is 11.0. The van der Waals surface area contributed by atoms with Gasteiger partial charge in [0.1, 0.15) is 6.17 Å². The maximum Gasteiger partial charge on any atom is 0.305 e. The lowest BCUT2D eigenvalue weighted by molar-refractivity contribution is -0.139. The van der Waals surface area contributed by atoms with Crippen molar-refractivity contribution in [2.24, 2.45) is 5.92 Å². The van der Waals surface area contributed by atoms with E-state index < -0.39 is 30.8 Å². The van der Waals surface area contributed by atoms with Gasteiger partial charge in [0.15, 0.2) is 0 Å². The minimum absolute atomic E-state index is 0.0560. The van der Waals surface area contributed by atoms with E-state index in [9.17, 15) is 24.2 Å². The number of carboxylic acid groups (broad SMARTS) is 1. The maximum absolute atomic E-state index is 14.2. The fourth-order valence-electron chi connectivity index (χ4n) is 5.90. The van der Waals surface area contributed by atoms with Gasteiger partial charge in [0, 0.05) is 35.8 Å². The van der Waals surface area contributed by atoms with Crippen molar-refractivity contribution in [2.75, 3.05) is 11.9 Å². The zero-order valence-corrected chi connectivity index (χ0v) is 23.5. The van der Waals surface area contributed by atoms with Crippen molar-refractivity contribution in [2.45, 2.75) is 69.9 Å². The number of nitrogens with zero attached hydrogens (tertiary/aromatic N) is 1. The molecule has 4 rings (SSSR count). The second-order valence-electron chi connectivity index (χ2n) is 11.0. The van der Waals surface area contributed by atoms with E-state index >= 15 is 0 Å². The first-order valence-corrected chi connectivity index (χ1v) is 14.2. The number of carbonyl (C=O) groups excluding carboxylic acids is 1. The third-order valence-corrected chi connectivity index (χ3v) is 7.61. The van der Waals surface area contributed by atoms with Gasteiger partial charge < -0.3 is 25.5 Å². The number of aliphatic hydroxyl groups excluding tert-OH is 2. The molecule has 41 heavy (non-hydrogen) atoms. The van der Waals surface area contributed by atoms with Crippen LogP contribution in [0, 0.1) is 5.92 Å². The van der Waals surface area contributed by atoms with Crippen LogP contribution in [0.5, 0.6) is 0 Å². The predicted molar refractivity (Wildman–Crippen MR) is 157 cm³/mol. The second kappa shape index (κ2) is 13.7. The van der Waals surface area contributed by atoms with E-state index in [0.29, 0.717) is 17.8 Å². The summed E-state index contributed by atoms with van der Waals surface area (Å²) in [5.41, 5.74) is 3.98. The zero-order chi connectivity index (χ0) is 29.5. The molecule has 7 nitrogen and oxygen atoms in total. The average molecular weight is 563 g/mol. The van der Waals surface area contributed by atoms with Crippen LogP contribution in [0.15, 0.2) is 95.7 Å². The van der Waals surface area contributed by atoms with Gasteiger partial charge in [-0.1, -0.05) is 80.6 Å². The molecule has 0 saturated carbocycles. The summed E-state index contributed by atoms with van der Waals surface area (Å²) >= 11 is 0. The largest absolute Gasteiger partial charge is 0.481 e. The van der Waals surface area contributed by atoms with Gasteiger partial charge in [-0.25, -0.2) is 4.39 Å². The molecule has 2 aliphatic rings. The van der Waals surface area contributed by atoms with Crippen molar-refractivity contribution in [1.29, 1.82) is 0 Å². The molecule has 0 spiro atoms. The van der Waals surface area contributed by atoms with Gasteiger partial charge >= 0.3 is 5.97 Å². The molecule has 1 heterocycles. The summed E-state index contributed by atoms with van der Waals surface area (Å²) < 4.78 is 14.2. The molecule has 5 unspecified atom stereocenters. The van der Waals surface area contributed by atoms with E-state index in [1.807, 2.05) is 80.6 Å². The van der Waals surface area contributed by atoms with Crippen LogP contribution in [0.2, 0.25) is 0 Å². The Labute approximate surface area is 240 Å². The summed E-state index contributed by atoms with van der Waals surface area (Å²) in [5.74, 6) is -1.77. The molecule has 1 amide bonds. The number of alkyl halides is 1. The molecule has 0 saturated heterocycles. The first kappa shape index (κ1) is 30.2. The van der Waals surface area contributed by atoms with E-state index in [1.165, 1.54) is 0 Å². The Bertz CT molecular complexity index is 1290. The van der Waals surface area contributed by atoms with Crippen molar-refractivity contribution in [3.8, 4) is 0 Å². The lowest BCUT2D eigenvalue weighted by Gasteiger charge is -2.36. The number of hydrogen-bond donors (Lipinski definition) is 4. The van der Waals surface area contributed by atoms with E-state index in [0.717, 1.165) is 16.8 Å². The number of rotatable bonds is 12. The summed E-state index contributed by atoms with van der Waals surface area (Å²) in [5, 5.41) is 32.9. The molecule has 2 aromatic rings. The number of aliphatic carboxylic acids is 1. The van der Waals surface area contributed by atoms with Crippen LogP contribution >= 0.6 is 0 Å². The molecule has 1 aliphatic heterocycles. The third kappa shape index (κ3) is 7.51. The lowest BCUT2D eigenvalue weighted by atomic mass is 9.81. The Morgan fingerprint density at radius 1 is 1.02 bits per heavy atom. The van der Waals surface area contributed by atoms with Gasteiger partial charge in [-0.05, 0) is 42.0 Å². The number of nitrogens with one attached hydrogen (secondary N) is 1. The number of anilines is 1. The number of aliphatic hydroxyl groups is 2. The predicted octanol–water partition coefficient (Wildman–Crippen LogP) is 5.20. The van der Waals surface area contributed by atoms with E-state index in [-0.39, 0.29) is 43.0 Å². The SMILES string of the molecule is CC(C)C1=C(C(=O)Nc2ccccc2)C(c2ccccc2)C(C2=CCC(F)C=C2)N1CCC(O)CC(O)CC(=O)O. The first-order valence-electron chi connectivity index (χ1n) is 14.2. The highest BCUT2D eigenvalue weighted by atomic mass is 19.1. The van der Waals surface area contributed by atoms with Gasteiger partial charge in [0.25, 0.3) is 5.91 Å². The Kier molecular flexibility index (Phi) is 10.1. The molecular weight excluding hydrogens is 523 g/mol. The van der Waals surface area contributed by atoms with Gasteiger partial charge in [0.2, 0.25) is 0 Å². The summed E-state index contributed by atoms with van der Waals surface area (Å²) in [7, 11) is 0. The standard InChI is InChI=1S/C33H39FN2O5/c1-21(2)31-30(33(41)35-25-11-7-4-8-12-25)29(22-9-5-3-6-10-22)32(23-13-15-24(34)16-14-23)36(31)18-17-26(37)19-27(38)20-28(39)40/h3-15,21,24,26-27,29,32,37-38H,16-20H2,1-2H3,(H,35,41)(H,39,40). The zero-order valence-electron chi connectivity index (χ0n) is 23.5. The highest BCUT2D eigenvalue weighted by molar-refractivity contribution is 6.06. The lowest BCUT2D eigenvalue weighted by Crippen LogP contribution is -2.38. The summed E-state index contributed by atoms with van der Waals surface area (Å²) in [4.78, 5) is 27.2. The van der Waals surface area contributed by atoms with Gasteiger partial charge in [0.05, 0.1) is 24.7 Å². The molecule has 0 radical (unpaired) electrons. The van der Waals surface area contributed by atoms with Crippen LogP contribution in [0.1, 0.15) is 51.0 Å². The number of benzene rings is 2. The Morgan fingerprint density at radius 2 is 1.68 bits per heavy atom. The Hall–Kier alpha value is -3.75. The molecule has 4 N–H and O–H groups in total. The van der Waals surface area contributed by atoms with Crippen molar-refractivity contribution in [3.05, 3.63) is 101 Å². The molecule has 1 aliphatic carbocycles. The number of allylic oxidation sites excluding steroid dienone is 3. The van der Waals surface area contributed by atoms with Crippen LogP contribution in [-0.4, -0.2) is 63.1 Å². The molecule has 218 valence electrons. The van der Waals surface area contributed by atoms with Gasteiger partial charge in [-0.2, -0.15) is 0 Å². The third-order valence-electron chi connectivity index (χ3n) is 7.61. The molecule has 2 aromatic carbocycles. The number of halogens is 1. The monoisotopic (exact) mass is 562 g/mol. The van der Waals surface area contributed by atoms with Crippen molar-refractivity contribution in [1.82, 2.24) is 4.90 Å². The number of hydrogen-bond acceptors (Lipinski definition) is 5. The van der Waals surface area contributed by atoms with E-state index in [2.05, 4.69) is 10.2 Å². The fourth-order valence-corrected chi connectivity index (χ4v) is 5.90. The van der Waals surface area contributed by atoms with Crippen LogP contribution in [-0.2, 0) is 9.59 Å². The van der Waals surface area contributed by atoms with Crippen molar-refractivity contribution >= 4 is 17.6 Å². The topological polar surface area (TPSA) is 110 Å². The molecule has 5 atom stereocenters. The molecular formula is C33H39FN2O5. The Balaban J connectivity index is 1.76. The summed E-state index contributed by atoms with van der Waals surface area (Å²) in [6.07, 6.45) is 2.04. The highest BCUT2D eigenvalue weighted by Crippen LogP contribution is 2.47. The van der Waals surface area contributed by atoms with Crippen molar-refractivity contribution < 1.29 is 29.3 Å². The quantitative estimate of drug-likeness (QED) is 0.283. The fraction of sp³-hybridized carbons (Fsp3) is 0.394. The normalized spacial score (nSPS) is 22.0. The minimum atomic E-state index is -1.16. The van der Waals surface area contributed by atoms with Crippen LogP contribution in [0.4, 0.5) is 10.1 Å². The highest BCUT2D eigenvalue weighted by Gasteiger charge is 2.46. The van der Waals surface area contributed by atoms with Gasteiger partial charge in [-0.15, -0.1) is 0 Å². The van der Waals surface area contributed by atoms with E-state index in [1.54, 1.807) is 12.2 Å². The maximum atomic E-state index is 14.2. The number of amides is 1. The number of para-hydroxylation sites is 1. The molecule has 0 fully saturated rings. The van der Waals surface area contributed by atoms with Gasteiger partial charge in [-0.3, -0.25) is 9.59 Å². The smallest absolute Gasteiger partial charge is 0.305 e. The number of carbonyl (C=O) groups is 2. The van der Waals surface area contributed by atoms with Crippen LogP contribution in [0.25, 0.3) is 0 Å². The summed E-state index contributed by atoms with van der Waals surface area (Å²) in [6.45, 7) is 4.41. The van der Waals surface area contributed by atoms with Crippen LogP contribution in [0.3, 0.4) is 0 Å². The molecule has 8 heteroatoms. The van der Waals surface area contributed by atoms with Crippen LogP contribution < -0.4 is 5.32 Å². The molecule has 0 aromatic heterocycles. The van der Waals surface area contributed by atoms with Crippen molar-refractivity contribution in [3.63, 3.8) is 0 Å². The first-order chi connectivity index (χ1) is 19.7.